The Labute approximate surface area is 176 Å². The van der Waals surface area contributed by atoms with Crippen molar-refractivity contribution >= 4 is 40.0 Å². The Bertz CT molecular complexity index is 1110. The summed E-state index contributed by atoms with van der Waals surface area (Å²) in [6.07, 6.45) is 1.69. The van der Waals surface area contributed by atoms with Crippen molar-refractivity contribution in [1.29, 1.82) is 0 Å². The van der Waals surface area contributed by atoms with E-state index in [9.17, 15) is 9.59 Å². The molecule has 1 aliphatic rings. The molecule has 1 N–H and O–H groups in total. The van der Waals surface area contributed by atoms with Crippen molar-refractivity contribution in [2.75, 3.05) is 13.2 Å². The molecule has 1 fully saturated rings. The van der Waals surface area contributed by atoms with E-state index in [1.165, 1.54) is 17.0 Å². The number of pyridine rings is 1. The minimum absolute atomic E-state index is 0.0558. The van der Waals surface area contributed by atoms with E-state index >= 15 is 0 Å². The maximum Gasteiger partial charge on any atom is 0.274 e. The zero-order chi connectivity index (χ0) is 20.4. The number of H-pyrrole nitrogens is 1. The molecule has 1 aromatic carbocycles. The van der Waals surface area contributed by atoms with Gasteiger partial charge in [0.15, 0.2) is 0 Å². The first-order valence-electron chi connectivity index (χ1n) is 9.22. The van der Waals surface area contributed by atoms with E-state index in [2.05, 4.69) is 15.0 Å². The number of ether oxygens (including phenoxy) is 1. The third-order valence-electron chi connectivity index (χ3n) is 4.75. The van der Waals surface area contributed by atoms with E-state index in [0.717, 1.165) is 12.8 Å². The molecule has 0 radical (unpaired) electrons. The summed E-state index contributed by atoms with van der Waals surface area (Å²) in [6.45, 7) is 1.08. The highest BCUT2D eigenvalue weighted by molar-refractivity contribution is 6.34. The number of aromatic amines is 1. The van der Waals surface area contributed by atoms with Gasteiger partial charge in [-0.25, -0.2) is 9.97 Å². The van der Waals surface area contributed by atoms with Crippen LogP contribution in [0.25, 0.3) is 10.9 Å². The first-order chi connectivity index (χ1) is 14.0. The van der Waals surface area contributed by atoms with Gasteiger partial charge in [-0.1, -0.05) is 35.3 Å². The molecule has 1 atom stereocenters. The summed E-state index contributed by atoms with van der Waals surface area (Å²) < 4.78 is 5.69. The third kappa shape index (κ3) is 4.42. The van der Waals surface area contributed by atoms with Crippen LogP contribution in [-0.2, 0) is 11.3 Å². The Kier molecular flexibility index (Phi) is 5.80. The highest BCUT2D eigenvalue weighted by Crippen LogP contribution is 2.21. The minimum Gasteiger partial charge on any atom is -0.376 e. The molecular weight excluding hydrogens is 415 g/mol. The zero-order valence-corrected chi connectivity index (χ0v) is 16.9. The Morgan fingerprint density at radius 2 is 2.03 bits per heavy atom. The van der Waals surface area contributed by atoms with E-state index in [1.54, 1.807) is 18.2 Å². The molecule has 29 heavy (non-hydrogen) atoms. The van der Waals surface area contributed by atoms with Crippen LogP contribution in [-0.4, -0.2) is 45.0 Å². The summed E-state index contributed by atoms with van der Waals surface area (Å²) in [5, 5.41) is 0.872. The number of para-hydroxylation sites is 1. The first-order valence-corrected chi connectivity index (χ1v) is 9.98. The number of hydrogen-bond acceptors (Lipinski definition) is 5. The van der Waals surface area contributed by atoms with Gasteiger partial charge in [-0.3, -0.25) is 9.59 Å². The number of carbonyl (C=O) groups is 1. The second kappa shape index (κ2) is 8.49. The fraction of sp³-hybridized carbons (Fsp3) is 0.300. The second-order valence-electron chi connectivity index (χ2n) is 6.81. The van der Waals surface area contributed by atoms with Gasteiger partial charge >= 0.3 is 0 Å². The summed E-state index contributed by atoms with van der Waals surface area (Å²) in [5.41, 5.74) is 0.365. The summed E-state index contributed by atoms with van der Waals surface area (Å²) in [6, 6.07) is 10.1. The van der Waals surface area contributed by atoms with Crippen LogP contribution in [0.4, 0.5) is 0 Å². The second-order valence-corrected chi connectivity index (χ2v) is 7.61. The summed E-state index contributed by atoms with van der Waals surface area (Å²) in [7, 11) is 0. The molecule has 0 aliphatic carbocycles. The molecule has 9 heteroatoms. The maximum absolute atomic E-state index is 13.2. The molecule has 3 aromatic rings. The van der Waals surface area contributed by atoms with Gasteiger partial charge in [-0.15, -0.1) is 0 Å². The normalized spacial score (nSPS) is 16.3. The fourth-order valence-corrected chi connectivity index (χ4v) is 3.70. The van der Waals surface area contributed by atoms with Crippen molar-refractivity contribution in [3.8, 4) is 0 Å². The van der Waals surface area contributed by atoms with Gasteiger partial charge in [0, 0.05) is 13.2 Å². The van der Waals surface area contributed by atoms with Crippen LogP contribution in [0.1, 0.15) is 29.2 Å². The van der Waals surface area contributed by atoms with Crippen LogP contribution in [0, 0.1) is 0 Å². The number of amides is 1. The average Bonchev–Trinajstić information content (AvgIpc) is 3.22. The number of aromatic nitrogens is 3. The Balaban J connectivity index is 1.68. The lowest BCUT2D eigenvalue weighted by molar-refractivity contribution is 0.0497. The molecule has 0 bridgehead atoms. The van der Waals surface area contributed by atoms with Gasteiger partial charge in [-0.2, -0.15) is 0 Å². The number of nitrogens with one attached hydrogen (secondary N) is 1. The van der Waals surface area contributed by atoms with Crippen molar-refractivity contribution in [2.45, 2.75) is 25.5 Å². The maximum atomic E-state index is 13.2. The van der Waals surface area contributed by atoms with Gasteiger partial charge in [0.1, 0.15) is 16.7 Å². The van der Waals surface area contributed by atoms with Gasteiger partial charge in [0.25, 0.3) is 11.5 Å². The van der Waals surface area contributed by atoms with Crippen molar-refractivity contribution in [2.24, 2.45) is 0 Å². The summed E-state index contributed by atoms with van der Waals surface area (Å²) in [4.78, 5) is 38.5. The Hall–Kier alpha value is -2.48. The standard InChI is InChI=1S/C20H18Cl2N4O3/c21-14-7-8-16(22)24-18(14)20(28)26(10-12-4-3-9-29-12)11-17-23-15-6-2-1-5-13(15)19(27)25-17/h1-2,5-8,12H,3-4,9-11H2,(H,23,25,27). The van der Waals surface area contributed by atoms with Gasteiger partial charge < -0.3 is 14.6 Å². The molecule has 7 nitrogen and oxygen atoms in total. The summed E-state index contributed by atoms with van der Waals surface area (Å²) >= 11 is 12.1. The SMILES string of the molecule is O=C(c1nc(Cl)ccc1Cl)N(Cc1nc2ccccc2c(=O)[nH]1)CC1CCCO1. The highest BCUT2D eigenvalue weighted by Gasteiger charge is 2.26. The molecule has 3 heterocycles. The van der Waals surface area contributed by atoms with Crippen molar-refractivity contribution in [1.82, 2.24) is 19.9 Å². The predicted molar refractivity (Wildman–Crippen MR) is 110 cm³/mol. The van der Waals surface area contributed by atoms with E-state index in [0.29, 0.717) is 29.9 Å². The van der Waals surface area contributed by atoms with E-state index < -0.39 is 5.91 Å². The van der Waals surface area contributed by atoms with E-state index in [-0.39, 0.29) is 34.1 Å². The lowest BCUT2D eigenvalue weighted by Crippen LogP contribution is -2.38. The predicted octanol–water partition coefficient (Wildman–Crippen LogP) is 3.45. The Morgan fingerprint density at radius 3 is 2.83 bits per heavy atom. The molecule has 2 aromatic heterocycles. The van der Waals surface area contributed by atoms with Gasteiger partial charge in [0.05, 0.1) is 28.6 Å². The number of benzene rings is 1. The molecule has 1 unspecified atom stereocenters. The van der Waals surface area contributed by atoms with Crippen molar-refractivity contribution in [3.63, 3.8) is 0 Å². The highest BCUT2D eigenvalue weighted by atomic mass is 35.5. The molecule has 4 rings (SSSR count). The molecule has 1 aliphatic heterocycles. The number of nitrogens with zero attached hydrogens (tertiary/aromatic N) is 3. The molecule has 1 saturated heterocycles. The average molecular weight is 433 g/mol. The molecular formula is C20H18Cl2N4O3. The molecule has 0 saturated carbocycles. The number of fused-ring (bicyclic) bond motifs is 1. The zero-order valence-electron chi connectivity index (χ0n) is 15.4. The summed E-state index contributed by atoms with van der Waals surface area (Å²) in [5.74, 6) is -0.0259. The van der Waals surface area contributed by atoms with Crippen LogP contribution in [0.2, 0.25) is 10.2 Å². The quantitative estimate of drug-likeness (QED) is 0.623. The monoisotopic (exact) mass is 432 g/mol. The fourth-order valence-electron chi connectivity index (χ4n) is 3.36. The minimum atomic E-state index is -0.399. The first kappa shape index (κ1) is 19.8. The topological polar surface area (TPSA) is 88.2 Å². The van der Waals surface area contributed by atoms with Crippen molar-refractivity contribution < 1.29 is 9.53 Å². The van der Waals surface area contributed by atoms with E-state index in [1.807, 2.05) is 6.07 Å². The lowest BCUT2D eigenvalue weighted by Gasteiger charge is -2.25. The molecule has 0 spiro atoms. The largest absolute Gasteiger partial charge is 0.376 e. The number of hydrogen-bond donors (Lipinski definition) is 1. The third-order valence-corrected chi connectivity index (χ3v) is 5.27. The van der Waals surface area contributed by atoms with Crippen LogP contribution in [0.15, 0.2) is 41.2 Å². The molecule has 150 valence electrons. The number of carbonyl (C=O) groups excluding carboxylic acids is 1. The smallest absolute Gasteiger partial charge is 0.274 e. The van der Waals surface area contributed by atoms with Crippen LogP contribution in [0.3, 0.4) is 0 Å². The lowest BCUT2D eigenvalue weighted by atomic mass is 10.2. The molecule has 1 amide bonds. The van der Waals surface area contributed by atoms with Crippen LogP contribution < -0.4 is 5.56 Å². The Morgan fingerprint density at radius 1 is 1.21 bits per heavy atom. The van der Waals surface area contributed by atoms with E-state index in [4.69, 9.17) is 27.9 Å². The number of rotatable bonds is 5. The van der Waals surface area contributed by atoms with Crippen LogP contribution in [0.5, 0.6) is 0 Å². The van der Waals surface area contributed by atoms with Crippen LogP contribution >= 0.6 is 23.2 Å². The van der Waals surface area contributed by atoms with Gasteiger partial charge in [0.2, 0.25) is 0 Å². The van der Waals surface area contributed by atoms with Crippen molar-refractivity contribution in [3.05, 3.63) is 68.4 Å². The number of halogens is 2. The van der Waals surface area contributed by atoms with Gasteiger partial charge in [-0.05, 0) is 37.1 Å².